The lowest BCUT2D eigenvalue weighted by atomic mass is 10.2. The molecular formula is C19H24O6S3. The normalized spacial score (nSPS) is 19.7. The predicted octanol–water partition coefficient (Wildman–Crippen LogP) is 2.97. The first-order chi connectivity index (χ1) is 13.0. The van der Waals surface area contributed by atoms with Gasteiger partial charge in [-0.3, -0.25) is 0 Å². The third-order valence-corrected chi connectivity index (χ3v) is 8.68. The van der Waals surface area contributed by atoms with Gasteiger partial charge in [0.25, 0.3) is 0 Å². The Morgan fingerprint density at radius 3 is 1.75 bits per heavy atom. The van der Waals surface area contributed by atoms with Crippen molar-refractivity contribution in [2.45, 2.75) is 41.9 Å². The van der Waals surface area contributed by atoms with E-state index >= 15 is 0 Å². The van der Waals surface area contributed by atoms with Crippen LogP contribution in [0.15, 0.2) is 58.3 Å². The largest absolute Gasteiger partial charge is 0.744 e. The first-order valence-corrected chi connectivity index (χ1v) is 13.3. The topological polar surface area (TPSA) is 101 Å². The lowest BCUT2D eigenvalue weighted by Gasteiger charge is -2.10. The van der Waals surface area contributed by atoms with E-state index in [9.17, 15) is 21.4 Å². The molecular weight excluding hydrogens is 420 g/mol. The maximum Gasteiger partial charge on any atom is 0.301 e. The van der Waals surface area contributed by atoms with Crippen LogP contribution in [-0.2, 0) is 35.3 Å². The summed E-state index contributed by atoms with van der Waals surface area (Å²) in [5.41, 5.74) is 1.85. The molecule has 1 aliphatic rings. The molecule has 0 aliphatic carbocycles. The van der Waals surface area contributed by atoms with E-state index in [0.29, 0.717) is 0 Å². The Kier molecular flexibility index (Phi) is 7.69. The molecule has 0 amide bonds. The lowest BCUT2D eigenvalue weighted by Crippen LogP contribution is -2.23. The Bertz CT molecular complexity index is 981. The van der Waals surface area contributed by atoms with Gasteiger partial charge in [-0.1, -0.05) is 35.4 Å². The smallest absolute Gasteiger partial charge is 0.301 e. The highest BCUT2D eigenvalue weighted by Gasteiger charge is 2.37. The molecule has 0 spiro atoms. The van der Waals surface area contributed by atoms with E-state index in [1.54, 1.807) is 36.4 Å². The Balaban J connectivity index is 0.000000221. The van der Waals surface area contributed by atoms with Crippen molar-refractivity contribution in [2.75, 3.05) is 12.0 Å². The monoisotopic (exact) mass is 444 g/mol. The first kappa shape index (κ1) is 22.9. The Labute approximate surface area is 170 Å². The molecule has 9 heteroatoms. The SMILES string of the molecule is Cc1ccc(S(=O)(=O)OC2CCC[S@@+]2C)cc1.Cc1ccc(S(=O)(=O)[O-])cc1. The molecule has 1 aliphatic heterocycles. The number of aryl methyl sites for hydroxylation is 2. The second kappa shape index (κ2) is 9.41. The quantitative estimate of drug-likeness (QED) is 0.408. The molecule has 1 fully saturated rings. The molecule has 0 saturated carbocycles. The summed E-state index contributed by atoms with van der Waals surface area (Å²) >= 11 is 0. The van der Waals surface area contributed by atoms with E-state index in [1.807, 2.05) is 13.8 Å². The van der Waals surface area contributed by atoms with Crippen LogP contribution in [0.4, 0.5) is 0 Å². The Hall–Kier alpha value is -1.39. The number of benzene rings is 2. The van der Waals surface area contributed by atoms with Crippen molar-refractivity contribution < 1.29 is 25.6 Å². The van der Waals surface area contributed by atoms with Crippen LogP contribution in [0.25, 0.3) is 0 Å². The minimum atomic E-state index is -4.27. The molecule has 1 saturated heterocycles. The van der Waals surface area contributed by atoms with E-state index in [-0.39, 0.29) is 26.1 Å². The lowest BCUT2D eigenvalue weighted by molar-refractivity contribution is 0.286. The number of rotatable bonds is 4. The zero-order valence-corrected chi connectivity index (χ0v) is 18.4. The van der Waals surface area contributed by atoms with Gasteiger partial charge in [-0.25, -0.2) is 12.6 Å². The van der Waals surface area contributed by atoms with Gasteiger partial charge in [-0.2, -0.15) is 8.42 Å². The van der Waals surface area contributed by atoms with Crippen LogP contribution in [0.1, 0.15) is 24.0 Å². The van der Waals surface area contributed by atoms with Crippen molar-refractivity contribution in [1.29, 1.82) is 0 Å². The van der Waals surface area contributed by atoms with Gasteiger partial charge in [0.15, 0.2) is 0 Å². The van der Waals surface area contributed by atoms with Gasteiger partial charge in [-0.15, -0.1) is 0 Å². The Morgan fingerprint density at radius 1 is 0.893 bits per heavy atom. The molecule has 0 bridgehead atoms. The molecule has 6 nitrogen and oxygen atoms in total. The molecule has 154 valence electrons. The van der Waals surface area contributed by atoms with Crippen LogP contribution >= 0.6 is 0 Å². The summed E-state index contributed by atoms with van der Waals surface area (Å²) in [6, 6.07) is 12.6. The third-order valence-electron chi connectivity index (χ3n) is 4.21. The average molecular weight is 445 g/mol. The molecule has 0 radical (unpaired) electrons. The molecule has 2 atom stereocenters. The van der Waals surface area contributed by atoms with Crippen molar-refractivity contribution in [3.05, 3.63) is 59.7 Å². The van der Waals surface area contributed by atoms with Gasteiger partial charge in [0.05, 0.1) is 9.79 Å². The summed E-state index contributed by atoms with van der Waals surface area (Å²) in [6.07, 6.45) is 3.99. The van der Waals surface area contributed by atoms with Crippen molar-refractivity contribution in [3.8, 4) is 0 Å². The van der Waals surface area contributed by atoms with Gasteiger partial charge in [0.1, 0.15) is 22.1 Å². The minimum Gasteiger partial charge on any atom is -0.744 e. The maximum absolute atomic E-state index is 12.0. The third kappa shape index (κ3) is 6.59. The van der Waals surface area contributed by atoms with Crippen LogP contribution in [0.3, 0.4) is 0 Å². The number of hydrogen-bond donors (Lipinski definition) is 0. The molecule has 1 heterocycles. The fourth-order valence-electron chi connectivity index (χ4n) is 2.53. The van der Waals surface area contributed by atoms with E-state index in [4.69, 9.17) is 4.18 Å². The van der Waals surface area contributed by atoms with Crippen LogP contribution in [0, 0.1) is 13.8 Å². The fourth-order valence-corrected chi connectivity index (χ4v) is 6.26. The molecule has 2 aromatic carbocycles. The van der Waals surface area contributed by atoms with Gasteiger partial charge in [-0.05, 0) is 44.5 Å². The summed E-state index contributed by atoms with van der Waals surface area (Å²) in [5, 5.41) is 0. The molecule has 28 heavy (non-hydrogen) atoms. The minimum absolute atomic E-state index is 0.0633. The summed E-state index contributed by atoms with van der Waals surface area (Å²) < 4.78 is 60.5. The molecule has 1 unspecified atom stereocenters. The maximum atomic E-state index is 12.0. The first-order valence-electron chi connectivity index (χ1n) is 8.63. The zero-order chi connectivity index (χ0) is 20.9. The van der Waals surface area contributed by atoms with Crippen LogP contribution in [-0.4, -0.2) is 38.8 Å². The summed E-state index contributed by atoms with van der Waals surface area (Å²) in [7, 11) is -7.79. The second-order valence-corrected chi connectivity index (χ2v) is 11.9. The highest BCUT2D eigenvalue weighted by atomic mass is 32.2. The zero-order valence-electron chi connectivity index (χ0n) is 16.0. The van der Waals surface area contributed by atoms with E-state index in [1.165, 1.54) is 12.1 Å². The highest BCUT2D eigenvalue weighted by molar-refractivity contribution is 7.97. The highest BCUT2D eigenvalue weighted by Crippen LogP contribution is 2.25. The van der Waals surface area contributed by atoms with Crippen molar-refractivity contribution in [3.63, 3.8) is 0 Å². The summed E-state index contributed by atoms with van der Waals surface area (Å²) in [4.78, 5) is 0.0788. The fraction of sp³-hybridized carbons (Fsp3) is 0.368. The van der Waals surface area contributed by atoms with Crippen molar-refractivity contribution in [2.24, 2.45) is 0 Å². The van der Waals surface area contributed by atoms with E-state index in [2.05, 4.69) is 6.26 Å². The average Bonchev–Trinajstić information content (AvgIpc) is 2.99. The molecule has 3 rings (SSSR count). The molecule has 0 N–H and O–H groups in total. The number of hydrogen-bond acceptors (Lipinski definition) is 6. The summed E-state index contributed by atoms with van der Waals surface area (Å²) in [6.45, 7) is 3.75. The summed E-state index contributed by atoms with van der Waals surface area (Å²) in [5.74, 6) is 1.08. The van der Waals surface area contributed by atoms with Crippen LogP contribution < -0.4 is 0 Å². The molecule has 2 aromatic rings. The molecule has 0 aromatic heterocycles. The van der Waals surface area contributed by atoms with Gasteiger partial charge >= 0.3 is 10.1 Å². The van der Waals surface area contributed by atoms with Gasteiger partial charge < -0.3 is 4.55 Å². The van der Waals surface area contributed by atoms with Gasteiger partial charge in [0.2, 0.25) is 5.44 Å². The van der Waals surface area contributed by atoms with Crippen LogP contribution in [0.5, 0.6) is 0 Å². The van der Waals surface area contributed by atoms with E-state index in [0.717, 1.165) is 29.7 Å². The van der Waals surface area contributed by atoms with Crippen molar-refractivity contribution >= 4 is 31.1 Å². The Morgan fingerprint density at radius 2 is 1.36 bits per heavy atom. The second-order valence-electron chi connectivity index (χ2n) is 6.60. The predicted molar refractivity (Wildman–Crippen MR) is 110 cm³/mol. The van der Waals surface area contributed by atoms with Crippen LogP contribution in [0.2, 0.25) is 0 Å². The van der Waals surface area contributed by atoms with Crippen molar-refractivity contribution in [1.82, 2.24) is 0 Å². The van der Waals surface area contributed by atoms with Gasteiger partial charge in [0, 0.05) is 17.3 Å². The standard InChI is InChI=1S/C12H17O3S2.C7H8O3S/c1-10-5-7-11(8-6-10)17(13,14)15-12-4-3-9-16(12)2;1-6-2-4-7(5-3-6)11(8,9)10/h5-8,12H,3-4,9H2,1-2H3;2-5H,1H3,(H,8,9,10)/q+1;/p-1/t12?,16-;/m1./s1. The van der Waals surface area contributed by atoms with E-state index < -0.39 is 20.2 Å².